The van der Waals surface area contributed by atoms with Gasteiger partial charge in [0.2, 0.25) is 5.91 Å². The number of carbonyl (C=O) groups excluding carboxylic acids is 2. The fourth-order valence-electron chi connectivity index (χ4n) is 3.45. The molecule has 2 aromatic heterocycles. The molecule has 0 atom stereocenters. The van der Waals surface area contributed by atoms with E-state index in [2.05, 4.69) is 15.0 Å². The molecule has 4 rings (SSSR count). The number of amides is 2. The average molecular weight is 365 g/mol. The molecule has 1 saturated carbocycles. The van der Waals surface area contributed by atoms with Gasteiger partial charge in [0.25, 0.3) is 5.91 Å². The van der Waals surface area contributed by atoms with Gasteiger partial charge in [-0.1, -0.05) is 0 Å². The number of hydrogen-bond acceptors (Lipinski definition) is 5. The molecule has 2 aliphatic rings. The Bertz CT molecular complexity index is 879. The van der Waals surface area contributed by atoms with Gasteiger partial charge in [0, 0.05) is 43.7 Å². The number of carbonyl (C=O) groups is 2. The standard InChI is InChI=1S/C20H23N5O2/c1-13-16-7-8-18(26)25(11-14-5-6-14)19(16)23-17(22-13)12-24(2)20(27)15-4-3-9-21-10-15/h3-4,9-10,14H,5-8,11-12H2,1-2H3. The monoisotopic (exact) mass is 365 g/mol. The fourth-order valence-corrected chi connectivity index (χ4v) is 3.45. The van der Waals surface area contributed by atoms with Crippen molar-refractivity contribution in [3.05, 3.63) is 47.2 Å². The van der Waals surface area contributed by atoms with Crippen LogP contribution in [0.1, 0.15) is 46.7 Å². The van der Waals surface area contributed by atoms with Gasteiger partial charge in [0.05, 0.1) is 12.1 Å². The number of anilines is 1. The van der Waals surface area contributed by atoms with Crippen molar-refractivity contribution in [2.24, 2.45) is 5.92 Å². The second kappa shape index (κ2) is 7.06. The van der Waals surface area contributed by atoms with E-state index in [9.17, 15) is 9.59 Å². The molecule has 1 fully saturated rings. The lowest BCUT2D eigenvalue weighted by Crippen LogP contribution is -2.38. The molecule has 2 aromatic rings. The maximum Gasteiger partial charge on any atom is 0.255 e. The van der Waals surface area contributed by atoms with E-state index in [1.807, 2.05) is 11.8 Å². The molecule has 0 N–H and O–H groups in total. The Hall–Kier alpha value is -2.83. The number of pyridine rings is 1. The molecule has 7 heteroatoms. The van der Waals surface area contributed by atoms with Crippen molar-refractivity contribution < 1.29 is 9.59 Å². The number of hydrogen-bond donors (Lipinski definition) is 0. The number of aryl methyl sites for hydroxylation is 1. The third-order valence-corrected chi connectivity index (χ3v) is 5.16. The van der Waals surface area contributed by atoms with Gasteiger partial charge in [-0.15, -0.1) is 0 Å². The van der Waals surface area contributed by atoms with Crippen molar-refractivity contribution in [3.63, 3.8) is 0 Å². The molecule has 0 bridgehead atoms. The van der Waals surface area contributed by atoms with Gasteiger partial charge in [0.15, 0.2) is 0 Å². The smallest absolute Gasteiger partial charge is 0.255 e. The molecule has 0 radical (unpaired) electrons. The third-order valence-electron chi connectivity index (χ3n) is 5.16. The Balaban J connectivity index is 1.58. The lowest BCUT2D eigenvalue weighted by molar-refractivity contribution is -0.119. The van der Waals surface area contributed by atoms with Crippen molar-refractivity contribution in [3.8, 4) is 0 Å². The fraction of sp³-hybridized carbons (Fsp3) is 0.450. The van der Waals surface area contributed by atoms with Crippen molar-refractivity contribution in [1.82, 2.24) is 19.9 Å². The lowest BCUT2D eigenvalue weighted by Gasteiger charge is -2.29. The SMILES string of the molecule is Cc1nc(CN(C)C(=O)c2cccnc2)nc2c1CCC(=O)N2CC1CC1. The molecule has 27 heavy (non-hydrogen) atoms. The van der Waals surface area contributed by atoms with Crippen LogP contribution in [0.15, 0.2) is 24.5 Å². The predicted octanol–water partition coefficient (Wildman–Crippen LogP) is 2.14. The molecular formula is C20H23N5O2. The van der Waals surface area contributed by atoms with Gasteiger partial charge >= 0.3 is 0 Å². The number of nitrogens with zero attached hydrogens (tertiary/aromatic N) is 5. The summed E-state index contributed by atoms with van der Waals surface area (Å²) in [5.74, 6) is 1.89. The highest BCUT2D eigenvalue weighted by atomic mass is 16.2. The molecule has 0 aromatic carbocycles. The van der Waals surface area contributed by atoms with Crippen LogP contribution in [-0.4, -0.2) is 45.3 Å². The van der Waals surface area contributed by atoms with Crippen molar-refractivity contribution >= 4 is 17.6 Å². The Morgan fingerprint density at radius 1 is 1.30 bits per heavy atom. The quantitative estimate of drug-likeness (QED) is 0.811. The minimum atomic E-state index is -0.131. The minimum Gasteiger partial charge on any atom is -0.334 e. The molecule has 1 aliphatic carbocycles. The minimum absolute atomic E-state index is 0.131. The van der Waals surface area contributed by atoms with Gasteiger partial charge in [0.1, 0.15) is 11.6 Å². The summed E-state index contributed by atoms with van der Waals surface area (Å²) in [6, 6.07) is 3.48. The summed E-state index contributed by atoms with van der Waals surface area (Å²) in [4.78, 5) is 41.7. The van der Waals surface area contributed by atoms with E-state index >= 15 is 0 Å². The molecule has 0 saturated heterocycles. The van der Waals surface area contributed by atoms with Gasteiger partial charge in [-0.05, 0) is 44.2 Å². The lowest BCUT2D eigenvalue weighted by atomic mass is 10.0. The molecule has 1 aliphatic heterocycles. The summed E-state index contributed by atoms with van der Waals surface area (Å²) < 4.78 is 0. The third kappa shape index (κ3) is 3.67. The van der Waals surface area contributed by atoms with Crippen LogP contribution in [0.4, 0.5) is 5.82 Å². The maximum absolute atomic E-state index is 12.6. The molecule has 140 valence electrons. The van der Waals surface area contributed by atoms with Crippen molar-refractivity contribution in [2.75, 3.05) is 18.5 Å². The van der Waals surface area contributed by atoms with Crippen LogP contribution in [-0.2, 0) is 17.8 Å². The summed E-state index contributed by atoms with van der Waals surface area (Å²) in [5, 5.41) is 0. The molecule has 2 amide bonds. The van der Waals surface area contributed by atoms with Crippen LogP contribution in [0.5, 0.6) is 0 Å². The van der Waals surface area contributed by atoms with E-state index in [0.717, 1.165) is 23.6 Å². The largest absolute Gasteiger partial charge is 0.334 e. The highest BCUT2D eigenvalue weighted by Crippen LogP contribution is 2.35. The Morgan fingerprint density at radius 2 is 2.11 bits per heavy atom. The highest BCUT2D eigenvalue weighted by molar-refractivity contribution is 5.95. The van der Waals surface area contributed by atoms with Crippen LogP contribution in [0.3, 0.4) is 0 Å². The summed E-state index contributed by atoms with van der Waals surface area (Å²) >= 11 is 0. The first-order valence-electron chi connectivity index (χ1n) is 9.35. The van der Waals surface area contributed by atoms with E-state index in [0.29, 0.717) is 30.1 Å². The van der Waals surface area contributed by atoms with Crippen LogP contribution < -0.4 is 4.90 Å². The van der Waals surface area contributed by atoms with Gasteiger partial charge in [-0.3, -0.25) is 19.5 Å². The Morgan fingerprint density at radius 3 is 2.81 bits per heavy atom. The molecular weight excluding hydrogens is 342 g/mol. The second-order valence-electron chi connectivity index (χ2n) is 7.38. The average Bonchev–Trinajstić information content (AvgIpc) is 3.48. The van der Waals surface area contributed by atoms with Crippen LogP contribution in [0.25, 0.3) is 0 Å². The van der Waals surface area contributed by atoms with E-state index in [4.69, 9.17) is 0 Å². The van der Waals surface area contributed by atoms with Gasteiger partial charge in [-0.25, -0.2) is 9.97 Å². The Kier molecular flexibility index (Phi) is 4.59. The topological polar surface area (TPSA) is 79.3 Å². The predicted molar refractivity (Wildman–Crippen MR) is 100 cm³/mol. The van der Waals surface area contributed by atoms with E-state index in [1.54, 1.807) is 36.5 Å². The molecule has 0 spiro atoms. The molecule has 0 unspecified atom stereocenters. The number of aromatic nitrogens is 3. The summed E-state index contributed by atoms with van der Waals surface area (Å²) in [7, 11) is 1.72. The van der Waals surface area contributed by atoms with Crippen LogP contribution in [0, 0.1) is 12.8 Å². The van der Waals surface area contributed by atoms with Crippen LogP contribution in [0.2, 0.25) is 0 Å². The highest BCUT2D eigenvalue weighted by Gasteiger charge is 2.33. The zero-order valence-corrected chi connectivity index (χ0v) is 15.7. The number of rotatable bonds is 5. The van der Waals surface area contributed by atoms with E-state index < -0.39 is 0 Å². The first-order valence-corrected chi connectivity index (χ1v) is 9.35. The normalized spacial score (nSPS) is 16.2. The summed E-state index contributed by atoms with van der Waals surface area (Å²) in [5.41, 5.74) is 2.48. The molecule has 7 nitrogen and oxygen atoms in total. The van der Waals surface area contributed by atoms with E-state index in [1.165, 1.54) is 12.8 Å². The van der Waals surface area contributed by atoms with Gasteiger partial charge in [-0.2, -0.15) is 0 Å². The van der Waals surface area contributed by atoms with Crippen molar-refractivity contribution in [2.45, 2.75) is 39.2 Å². The summed E-state index contributed by atoms with van der Waals surface area (Å²) in [6.07, 6.45) is 6.75. The first-order chi connectivity index (χ1) is 13.0. The molecule has 3 heterocycles. The second-order valence-corrected chi connectivity index (χ2v) is 7.38. The van der Waals surface area contributed by atoms with Crippen molar-refractivity contribution in [1.29, 1.82) is 0 Å². The summed E-state index contributed by atoms with van der Waals surface area (Å²) in [6.45, 7) is 2.98. The van der Waals surface area contributed by atoms with Crippen LogP contribution >= 0.6 is 0 Å². The van der Waals surface area contributed by atoms with Gasteiger partial charge < -0.3 is 4.90 Å². The first kappa shape index (κ1) is 17.6. The van der Waals surface area contributed by atoms with E-state index in [-0.39, 0.29) is 18.4 Å². The number of fused-ring (bicyclic) bond motifs is 1. The Labute approximate surface area is 158 Å². The zero-order chi connectivity index (χ0) is 19.0. The zero-order valence-electron chi connectivity index (χ0n) is 15.7. The maximum atomic E-state index is 12.6.